The van der Waals surface area contributed by atoms with Gasteiger partial charge in [0.1, 0.15) is 0 Å². The second-order valence-corrected chi connectivity index (χ2v) is 9.17. The van der Waals surface area contributed by atoms with Crippen LogP contribution in [0.15, 0.2) is 53.0 Å². The quantitative estimate of drug-likeness (QED) is 0.273. The molecule has 0 aliphatic carbocycles. The van der Waals surface area contributed by atoms with Crippen molar-refractivity contribution in [3.05, 3.63) is 59.0 Å². The number of nitrogens with zero attached hydrogens (tertiary/aromatic N) is 3. The average Bonchev–Trinajstić information content (AvgIpc) is 3.49. The molecule has 2 aromatic carbocycles. The molecule has 0 unspecified atom stereocenters. The van der Waals surface area contributed by atoms with Gasteiger partial charge in [0.2, 0.25) is 5.91 Å². The molecule has 0 saturated heterocycles. The maximum Gasteiger partial charge on any atom is 0.337 e. The molecule has 0 aliphatic rings. The Morgan fingerprint density at radius 2 is 1.71 bits per heavy atom. The summed E-state index contributed by atoms with van der Waals surface area (Å²) in [7, 11) is 2.47. The highest BCUT2D eigenvalue weighted by Crippen LogP contribution is 2.34. The first-order valence-corrected chi connectivity index (χ1v) is 12.5. The Bertz CT molecular complexity index is 1380. The molecule has 4 rings (SSSR count). The highest BCUT2D eigenvalue weighted by molar-refractivity contribution is 7.99. The number of nitrogens with one attached hydrogen (secondary N) is 1. The van der Waals surface area contributed by atoms with Gasteiger partial charge in [-0.05, 0) is 31.2 Å². The van der Waals surface area contributed by atoms with Crippen LogP contribution in [0.5, 0.6) is 0 Å². The lowest BCUT2D eigenvalue weighted by atomic mass is 10.1. The van der Waals surface area contributed by atoms with E-state index in [4.69, 9.17) is 9.47 Å². The fourth-order valence-electron chi connectivity index (χ4n) is 3.53. The molecule has 35 heavy (non-hydrogen) atoms. The van der Waals surface area contributed by atoms with Crippen LogP contribution in [-0.4, -0.2) is 52.6 Å². The summed E-state index contributed by atoms with van der Waals surface area (Å²) in [4.78, 5) is 36.6. The van der Waals surface area contributed by atoms with E-state index in [1.165, 1.54) is 48.9 Å². The molecule has 1 N–H and O–H groups in total. The molecule has 9 nitrogen and oxygen atoms in total. The zero-order chi connectivity index (χ0) is 24.9. The van der Waals surface area contributed by atoms with E-state index in [0.29, 0.717) is 11.7 Å². The van der Waals surface area contributed by atoms with Crippen molar-refractivity contribution in [2.45, 2.75) is 18.6 Å². The molecule has 0 saturated carbocycles. The number of thiophene rings is 1. The van der Waals surface area contributed by atoms with Crippen LogP contribution in [0.1, 0.15) is 27.6 Å². The number of rotatable bonds is 8. The van der Waals surface area contributed by atoms with Gasteiger partial charge in [0.15, 0.2) is 11.0 Å². The van der Waals surface area contributed by atoms with Gasteiger partial charge in [0.05, 0.1) is 31.1 Å². The molecule has 0 fully saturated rings. The Labute approximate surface area is 209 Å². The number of fused-ring (bicyclic) bond motifs is 1. The zero-order valence-corrected chi connectivity index (χ0v) is 20.9. The average molecular weight is 511 g/mol. The monoisotopic (exact) mass is 510 g/mol. The predicted octanol–water partition coefficient (Wildman–Crippen LogP) is 4.48. The fourth-order valence-corrected chi connectivity index (χ4v) is 5.27. The largest absolute Gasteiger partial charge is 0.465 e. The molecule has 4 aromatic rings. The summed E-state index contributed by atoms with van der Waals surface area (Å²) in [5.74, 6) is -0.795. The SMILES string of the molecule is CCn1c(SCC(=O)Nc2cc(C(=O)OC)cc(C(=O)OC)c2)nnc1-c1csc2ccccc12. The maximum absolute atomic E-state index is 12.7. The third kappa shape index (κ3) is 5.20. The second-order valence-electron chi connectivity index (χ2n) is 7.32. The number of hydrogen-bond donors (Lipinski definition) is 1. The van der Waals surface area contributed by atoms with Gasteiger partial charge < -0.3 is 19.4 Å². The summed E-state index contributed by atoms with van der Waals surface area (Å²) in [6.07, 6.45) is 0. The number of methoxy groups -OCH3 is 2. The van der Waals surface area contributed by atoms with Gasteiger partial charge in [-0.3, -0.25) is 4.79 Å². The van der Waals surface area contributed by atoms with Crippen LogP contribution in [0, 0.1) is 0 Å². The summed E-state index contributed by atoms with van der Waals surface area (Å²) in [6, 6.07) is 12.3. The minimum atomic E-state index is -0.634. The number of ether oxygens (including phenoxy) is 2. The standard InChI is InChI=1S/C24H22N4O5S2/c1-4-28-21(18-12-34-19-8-6-5-7-17(18)19)26-27-24(28)35-13-20(29)25-16-10-14(22(30)32-2)9-15(11-16)23(31)33-3/h5-12H,4,13H2,1-3H3,(H,25,29). The molecule has 0 bridgehead atoms. The number of benzene rings is 2. The Morgan fingerprint density at radius 3 is 2.37 bits per heavy atom. The molecule has 0 spiro atoms. The lowest BCUT2D eigenvalue weighted by Crippen LogP contribution is -2.16. The van der Waals surface area contributed by atoms with E-state index in [1.54, 1.807) is 11.3 Å². The van der Waals surface area contributed by atoms with Gasteiger partial charge in [-0.25, -0.2) is 9.59 Å². The molecular weight excluding hydrogens is 488 g/mol. The van der Waals surface area contributed by atoms with Crippen LogP contribution in [-0.2, 0) is 20.8 Å². The Morgan fingerprint density at radius 1 is 1.03 bits per heavy atom. The molecular formula is C24H22N4O5S2. The van der Waals surface area contributed by atoms with E-state index >= 15 is 0 Å². The van der Waals surface area contributed by atoms with Crippen molar-refractivity contribution >= 4 is 56.7 Å². The van der Waals surface area contributed by atoms with E-state index < -0.39 is 11.9 Å². The van der Waals surface area contributed by atoms with Crippen LogP contribution in [0.3, 0.4) is 0 Å². The number of thioether (sulfide) groups is 1. The highest BCUT2D eigenvalue weighted by atomic mass is 32.2. The van der Waals surface area contributed by atoms with E-state index in [-0.39, 0.29) is 28.5 Å². The Balaban J connectivity index is 1.51. The number of anilines is 1. The predicted molar refractivity (Wildman–Crippen MR) is 135 cm³/mol. The van der Waals surface area contributed by atoms with E-state index in [9.17, 15) is 14.4 Å². The number of aromatic nitrogens is 3. The summed E-state index contributed by atoms with van der Waals surface area (Å²) < 4.78 is 12.6. The van der Waals surface area contributed by atoms with Crippen LogP contribution in [0.2, 0.25) is 0 Å². The van der Waals surface area contributed by atoms with Crippen molar-refractivity contribution in [2.75, 3.05) is 25.3 Å². The van der Waals surface area contributed by atoms with Crippen molar-refractivity contribution in [2.24, 2.45) is 0 Å². The van der Waals surface area contributed by atoms with Crippen molar-refractivity contribution in [3.8, 4) is 11.4 Å². The number of amides is 1. The van der Waals surface area contributed by atoms with Gasteiger partial charge in [-0.15, -0.1) is 21.5 Å². The number of carbonyl (C=O) groups excluding carboxylic acids is 3. The lowest BCUT2D eigenvalue weighted by Gasteiger charge is -2.10. The Hall–Kier alpha value is -3.70. The number of hydrogen-bond acceptors (Lipinski definition) is 9. The van der Waals surface area contributed by atoms with Crippen molar-refractivity contribution in [3.63, 3.8) is 0 Å². The second kappa shape index (κ2) is 10.7. The minimum absolute atomic E-state index is 0.0541. The molecule has 0 aliphatic heterocycles. The topological polar surface area (TPSA) is 112 Å². The first-order valence-electron chi connectivity index (χ1n) is 10.6. The van der Waals surface area contributed by atoms with Gasteiger partial charge in [0.25, 0.3) is 0 Å². The number of carbonyl (C=O) groups is 3. The first-order chi connectivity index (χ1) is 16.9. The summed E-state index contributed by atoms with van der Waals surface area (Å²) in [5, 5.41) is 15.2. The van der Waals surface area contributed by atoms with Crippen LogP contribution >= 0.6 is 23.1 Å². The molecule has 1 amide bonds. The van der Waals surface area contributed by atoms with Gasteiger partial charge >= 0.3 is 11.9 Å². The van der Waals surface area contributed by atoms with E-state index in [1.807, 2.05) is 23.6 Å². The van der Waals surface area contributed by atoms with Crippen molar-refractivity contribution in [1.82, 2.24) is 14.8 Å². The zero-order valence-electron chi connectivity index (χ0n) is 19.2. The van der Waals surface area contributed by atoms with Crippen LogP contribution < -0.4 is 5.32 Å². The third-order valence-corrected chi connectivity index (χ3v) is 7.08. The normalized spacial score (nSPS) is 10.8. The van der Waals surface area contributed by atoms with Crippen LogP contribution in [0.4, 0.5) is 5.69 Å². The van der Waals surface area contributed by atoms with Crippen LogP contribution in [0.25, 0.3) is 21.5 Å². The molecule has 0 atom stereocenters. The molecule has 11 heteroatoms. The maximum atomic E-state index is 12.7. The van der Waals surface area contributed by atoms with Gasteiger partial charge in [-0.2, -0.15) is 0 Å². The lowest BCUT2D eigenvalue weighted by molar-refractivity contribution is -0.113. The first kappa shape index (κ1) is 24.4. The smallest absolute Gasteiger partial charge is 0.337 e. The molecule has 2 aromatic heterocycles. The minimum Gasteiger partial charge on any atom is -0.465 e. The molecule has 2 heterocycles. The third-order valence-electron chi connectivity index (χ3n) is 5.15. The van der Waals surface area contributed by atoms with Gasteiger partial charge in [0, 0.05) is 33.3 Å². The summed E-state index contributed by atoms with van der Waals surface area (Å²) in [6.45, 7) is 2.64. The molecule has 180 valence electrons. The summed E-state index contributed by atoms with van der Waals surface area (Å²) >= 11 is 2.90. The summed E-state index contributed by atoms with van der Waals surface area (Å²) in [5.41, 5.74) is 1.53. The Kier molecular flexibility index (Phi) is 7.47. The van der Waals surface area contributed by atoms with Crippen molar-refractivity contribution < 1.29 is 23.9 Å². The molecule has 0 radical (unpaired) electrons. The fraction of sp³-hybridized carbons (Fsp3) is 0.208. The van der Waals surface area contributed by atoms with E-state index in [2.05, 4.69) is 33.0 Å². The van der Waals surface area contributed by atoms with Crippen molar-refractivity contribution in [1.29, 1.82) is 0 Å². The van der Waals surface area contributed by atoms with E-state index in [0.717, 1.165) is 16.8 Å². The van der Waals surface area contributed by atoms with Gasteiger partial charge in [-0.1, -0.05) is 30.0 Å². The highest BCUT2D eigenvalue weighted by Gasteiger charge is 2.19. The number of esters is 2.